The van der Waals surface area contributed by atoms with Crippen LogP contribution in [0.2, 0.25) is 0 Å². The summed E-state index contributed by atoms with van der Waals surface area (Å²) < 4.78 is 28.5. The van der Waals surface area contributed by atoms with Gasteiger partial charge in [0, 0.05) is 25.7 Å². The zero-order valence-electron chi connectivity index (χ0n) is 18.7. The van der Waals surface area contributed by atoms with E-state index in [1.807, 2.05) is 0 Å². The van der Waals surface area contributed by atoms with Crippen molar-refractivity contribution in [1.29, 1.82) is 0 Å². The van der Waals surface area contributed by atoms with Crippen molar-refractivity contribution in [3.63, 3.8) is 0 Å². The summed E-state index contributed by atoms with van der Waals surface area (Å²) in [6.07, 6.45) is 1.72. The fourth-order valence-corrected chi connectivity index (χ4v) is 5.30. The number of anilines is 1. The number of carbonyl (C=O) groups is 1. The number of aromatic amines is 2. The molecule has 0 atom stereocenters. The minimum Gasteiger partial charge on any atom is -0.349 e. The molecule has 10 heteroatoms. The van der Waals surface area contributed by atoms with Gasteiger partial charge in [0.05, 0.1) is 27.2 Å². The van der Waals surface area contributed by atoms with Crippen LogP contribution < -0.4 is 15.7 Å². The van der Waals surface area contributed by atoms with Crippen LogP contribution in [0.25, 0.3) is 11.0 Å². The lowest BCUT2D eigenvalue weighted by Crippen LogP contribution is -2.45. The Balaban J connectivity index is 1.47. The highest BCUT2D eigenvalue weighted by atomic mass is 32.2. The average Bonchev–Trinajstić information content (AvgIpc) is 3.14. The predicted octanol–water partition coefficient (Wildman–Crippen LogP) is 2.51. The third-order valence-electron chi connectivity index (χ3n) is 5.76. The molecule has 1 aromatic heterocycles. The molecule has 0 spiro atoms. The Morgan fingerprint density at radius 2 is 1.79 bits per heavy atom. The molecular formula is C23H29N5O4S. The third-order valence-corrected chi connectivity index (χ3v) is 7.12. The summed E-state index contributed by atoms with van der Waals surface area (Å²) in [5.41, 5.74) is 0.956. The van der Waals surface area contributed by atoms with E-state index in [1.54, 1.807) is 24.3 Å². The van der Waals surface area contributed by atoms with Gasteiger partial charge in [0.1, 0.15) is 0 Å². The normalized spacial score (nSPS) is 15.7. The Morgan fingerprint density at radius 3 is 2.52 bits per heavy atom. The lowest BCUT2D eigenvalue weighted by atomic mass is 10.0. The maximum Gasteiger partial charge on any atom is 0.323 e. The summed E-state index contributed by atoms with van der Waals surface area (Å²) >= 11 is 0. The Labute approximate surface area is 192 Å². The number of rotatable bonds is 7. The molecule has 0 saturated carbocycles. The molecule has 1 aliphatic rings. The first kappa shape index (κ1) is 23.1. The van der Waals surface area contributed by atoms with Gasteiger partial charge in [-0.1, -0.05) is 26.0 Å². The van der Waals surface area contributed by atoms with E-state index in [0.29, 0.717) is 17.0 Å². The number of nitrogens with zero attached hydrogens (tertiary/aromatic N) is 1. The Kier molecular flexibility index (Phi) is 6.57. The SMILES string of the molecule is CC(C)CN1CCC(NC(=O)c2ccccc2NS(=O)(=O)c2ccc3[nH]c(=O)[nH]c3c2)CC1. The van der Waals surface area contributed by atoms with Gasteiger partial charge < -0.3 is 20.2 Å². The van der Waals surface area contributed by atoms with Gasteiger partial charge in [0.25, 0.3) is 15.9 Å². The van der Waals surface area contributed by atoms with E-state index in [2.05, 4.69) is 38.8 Å². The van der Waals surface area contributed by atoms with Crippen molar-refractivity contribution in [2.24, 2.45) is 5.92 Å². The molecule has 2 heterocycles. The van der Waals surface area contributed by atoms with Gasteiger partial charge in [0.15, 0.2) is 0 Å². The number of amides is 1. The van der Waals surface area contributed by atoms with Gasteiger partial charge in [-0.05, 0) is 49.1 Å². The molecule has 0 bridgehead atoms. The van der Waals surface area contributed by atoms with E-state index in [1.165, 1.54) is 18.2 Å². The molecule has 1 aliphatic heterocycles. The van der Waals surface area contributed by atoms with Gasteiger partial charge >= 0.3 is 5.69 Å². The van der Waals surface area contributed by atoms with Crippen LogP contribution in [0, 0.1) is 5.92 Å². The predicted molar refractivity (Wildman–Crippen MR) is 128 cm³/mol. The first-order chi connectivity index (χ1) is 15.7. The molecule has 33 heavy (non-hydrogen) atoms. The van der Waals surface area contributed by atoms with Crippen LogP contribution in [0.4, 0.5) is 5.69 Å². The lowest BCUT2D eigenvalue weighted by molar-refractivity contribution is 0.0908. The number of benzene rings is 2. The number of carbonyl (C=O) groups excluding carboxylic acids is 1. The number of aromatic nitrogens is 2. The maximum absolute atomic E-state index is 13.0. The minimum atomic E-state index is -3.98. The van der Waals surface area contributed by atoms with Crippen molar-refractivity contribution in [1.82, 2.24) is 20.2 Å². The number of imidazole rings is 1. The molecule has 1 amide bonds. The van der Waals surface area contributed by atoms with Crippen molar-refractivity contribution >= 4 is 32.7 Å². The monoisotopic (exact) mass is 471 g/mol. The minimum absolute atomic E-state index is 0.0158. The van der Waals surface area contributed by atoms with Crippen LogP contribution in [0.1, 0.15) is 37.0 Å². The van der Waals surface area contributed by atoms with E-state index in [-0.39, 0.29) is 28.1 Å². The molecule has 0 unspecified atom stereocenters. The number of nitrogens with one attached hydrogen (secondary N) is 4. The van der Waals surface area contributed by atoms with Crippen LogP contribution >= 0.6 is 0 Å². The fourth-order valence-electron chi connectivity index (χ4n) is 4.19. The summed E-state index contributed by atoms with van der Waals surface area (Å²) in [6, 6.07) is 10.9. The third kappa shape index (κ3) is 5.45. The molecule has 4 N–H and O–H groups in total. The van der Waals surface area contributed by atoms with E-state index in [9.17, 15) is 18.0 Å². The van der Waals surface area contributed by atoms with Gasteiger partial charge in [-0.2, -0.15) is 0 Å². The molecule has 1 saturated heterocycles. The summed E-state index contributed by atoms with van der Waals surface area (Å²) in [7, 11) is -3.98. The Bertz CT molecular complexity index is 1300. The first-order valence-electron chi connectivity index (χ1n) is 11.1. The Morgan fingerprint density at radius 1 is 1.09 bits per heavy atom. The molecule has 0 aliphatic carbocycles. The topological polar surface area (TPSA) is 127 Å². The van der Waals surface area contributed by atoms with Crippen LogP contribution in [0.3, 0.4) is 0 Å². The number of fused-ring (bicyclic) bond motifs is 1. The molecule has 0 radical (unpaired) electrons. The molecule has 4 rings (SSSR count). The maximum atomic E-state index is 13.0. The van der Waals surface area contributed by atoms with Gasteiger partial charge in [-0.25, -0.2) is 13.2 Å². The Hall–Kier alpha value is -3.11. The van der Waals surface area contributed by atoms with Gasteiger partial charge in [0.2, 0.25) is 0 Å². The number of para-hydroxylation sites is 1. The van der Waals surface area contributed by atoms with Crippen LogP contribution in [0.5, 0.6) is 0 Å². The smallest absolute Gasteiger partial charge is 0.323 e. The van der Waals surface area contributed by atoms with E-state index in [0.717, 1.165) is 32.5 Å². The number of H-pyrrole nitrogens is 2. The standard InChI is InChI=1S/C23H29N5O4S/c1-15(2)14-28-11-9-16(10-12-28)24-22(29)18-5-3-4-6-19(18)27-33(31,32)17-7-8-20-21(13-17)26-23(30)25-20/h3-8,13,15-16,27H,9-12,14H2,1-2H3,(H,24,29)(H2,25,26,30). The van der Waals surface area contributed by atoms with Crippen molar-refractivity contribution < 1.29 is 13.2 Å². The molecule has 1 fully saturated rings. The van der Waals surface area contributed by atoms with Crippen molar-refractivity contribution in [2.45, 2.75) is 37.6 Å². The second-order valence-corrected chi connectivity index (χ2v) is 10.6. The number of hydrogen-bond acceptors (Lipinski definition) is 5. The van der Waals surface area contributed by atoms with Crippen LogP contribution in [0.15, 0.2) is 52.2 Å². The number of likely N-dealkylation sites (tertiary alicyclic amines) is 1. The highest BCUT2D eigenvalue weighted by Gasteiger charge is 2.24. The number of sulfonamides is 1. The molecule has 9 nitrogen and oxygen atoms in total. The quantitative estimate of drug-likeness (QED) is 0.421. The highest BCUT2D eigenvalue weighted by molar-refractivity contribution is 7.92. The first-order valence-corrected chi connectivity index (χ1v) is 12.6. The largest absolute Gasteiger partial charge is 0.349 e. The van der Waals surface area contributed by atoms with Gasteiger partial charge in [-0.15, -0.1) is 0 Å². The van der Waals surface area contributed by atoms with Crippen molar-refractivity contribution in [3.05, 3.63) is 58.5 Å². The van der Waals surface area contributed by atoms with Crippen LogP contribution in [-0.2, 0) is 10.0 Å². The highest BCUT2D eigenvalue weighted by Crippen LogP contribution is 2.22. The molecule has 2 aromatic carbocycles. The lowest BCUT2D eigenvalue weighted by Gasteiger charge is -2.33. The van der Waals surface area contributed by atoms with E-state index in [4.69, 9.17) is 0 Å². The summed E-state index contributed by atoms with van der Waals surface area (Å²) in [6.45, 7) is 7.30. The fraction of sp³-hybridized carbons (Fsp3) is 0.391. The second-order valence-electron chi connectivity index (χ2n) is 8.88. The summed E-state index contributed by atoms with van der Waals surface area (Å²) in [5, 5.41) is 3.06. The van der Waals surface area contributed by atoms with E-state index < -0.39 is 15.7 Å². The van der Waals surface area contributed by atoms with Gasteiger partial charge in [-0.3, -0.25) is 9.52 Å². The van der Waals surface area contributed by atoms with E-state index >= 15 is 0 Å². The number of hydrogen-bond donors (Lipinski definition) is 4. The molecule has 3 aromatic rings. The molecular weight excluding hydrogens is 442 g/mol. The average molecular weight is 472 g/mol. The molecule has 176 valence electrons. The van der Waals surface area contributed by atoms with Crippen molar-refractivity contribution in [3.8, 4) is 0 Å². The second kappa shape index (κ2) is 9.40. The van der Waals surface area contributed by atoms with Crippen molar-refractivity contribution in [2.75, 3.05) is 24.4 Å². The summed E-state index contributed by atoms with van der Waals surface area (Å²) in [4.78, 5) is 32.0. The zero-order chi connectivity index (χ0) is 23.6. The van der Waals surface area contributed by atoms with Crippen LogP contribution in [-0.4, -0.2) is 54.9 Å². The number of piperidine rings is 1. The summed E-state index contributed by atoms with van der Waals surface area (Å²) in [5.74, 6) is 0.301. The zero-order valence-corrected chi connectivity index (χ0v) is 19.5.